The average molecular weight is 372 g/mol. The van der Waals surface area contributed by atoms with Gasteiger partial charge in [0.1, 0.15) is 6.07 Å². The topological polar surface area (TPSA) is 61.9 Å². The fraction of sp³-hybridized carbons (Fsp3) is 0.524. The fourth-order valence-electron chi connectivity index (χ4n) is 3.72. The monoisotopic (exact) mass is 371 g/mol. The highest BCUT2D eigenvalue weighted by Crippen LogP contribution is 2.38. The third kappa shape index (κ3) is 4.59. The molecule has 138 valence electrons. The molecule has 1 heterocycles. The van der Waals surface area contributed by atoms with Crippen molar-refractivity contribution in [3.63, 3.8) is 0 Å². The maximum absolute atomic E-state index is 9.38. The normalized spacial score (nSPS) is 19.9. The Morgan fingerprint density at radius 3 is 2.73 bits per heavy atom. The van der Waals surface area contributed by atoms with E-state index in [4.69, 9.17) is 16.0 Å². The summed E-state index contributed by atoms with van der Waals surface area (Å²) in [6, 6.07) is 9.79. The van der Waals surface area contributed by atoms with Gasteiger partial charge < -0.3 is 9.73 Å². The number of nitrogens with one attached hydrogen (secondary N) is 1. The van der Waals surface area contributed by atoms with Crippen LogP contribution in [0.5, 0.6) is 0 Å². The van der Waals surface area contributed by atoms with Crippen LogP contribution in [0, 0.1) is 17.2 Å². The third-order valence-corrected chi connectivity index (χ3v) is 5.68. The summed E-state index contributed by atoms with van der Waals surface area (Å²) >= 11 is 6.19. The van der Waals surface area contributed by atoms with Crippen LogP contribution in [0.3, 0.4) is 0 Å². The number of halogens is 1. The van der Waals surface area contributed by atoms with Crippen LogP contribution in [-0.2, 0) is 6.54 Å². The fourth-order valence-corrected chi connectivity index (χ4v) is 3.92. The Kier molecular flexibility index (Phi) is 6.57. The molecule has 0 amide bonds. The summed E-state index contributed by atoms with van der Waals surface area (Å²) in [6.07, 6.45) is 8.60. The Morgan fingerprint density at radius 1 is 1.27 bits per heavy atom. The molecule has 2 aromatic rings. The summed E-state index contributed by atoms with van der Waals surface area (Å²) in [5, 5.41) is 13.3. The van der Waals surface area contributed by atoms with E-state index in [9.17, 15) is 5.26 Å². The molecule has 1 aromatic carbocycles. The van der Waals surface area contributed by atoms with Gasteiger partial charge in [0.15, 0.2) is 0 Å². The maximum Gasteiger partial charge on any atom is 0.232 e. The summed E-state index contributed by atoms with van der Waals surface area (Å²) in [5.41, 5.74) is 1.30. The lowest BCUT2D eigenvalue weighted by molar-refractivity contribution is 0.278. The first-order chi connectivity index (χ1) is 12.7. The van der Waals surface area contributed by atoms with Crippen molar-refractivity contribution in [1.82, 2.24) is 4.98 Å². The Morgan fingerprint density at radius 2 is 2.04 bits per heavy atom. The summed E-state index contributed by atoms with van der Waals surface area (Å²) in [4.78, 5) is 4.45. The van der Waals surface area contributed by atoms with Crippen molar-refractivity contribution in [3.8, 4) is 6.07 Å². The highest BCUT2D eigenvalue weighted by molar-refractivity contribution is 6.31. The first-order valence-electron chi connectivity index (χ1n) is 9.59. The van der Waals surface area contributed by atoms with Gasteiger partial charge in [-0.15, -0.1) is 0 Å². The molecule has 1 saturated carbocycles. The van der Waals surface area contributed by atoms with Crippen molar-refractivity contribution < 1.29 is 4.42 Å². The van der Waals surface area contributed by atoms with Gasteiger partial charge in [0, 0.05) is 17.5 Å². The molecule has 0 spiro atoms. The number of nitrogens with zero attached hydrogens (tertiary/aromatic N) is 2. The molecule has 0 atom stereocenters. The number of rotatable bonds is 7. The summed E-state index contributed by atoms with van der Waals surface area (Å²) < 4.78 is 5.94. The van der Waals surface area contributed by atoms with Crippen LogP contribution in [0.2, 0.25) is 5.02 Å². The van der Waals surface area contributed by atoms with E-state index in [-0.39, 0.29) is 0 Å². The molecule has 4 nitrogen and oxygen atoms in total. The van der Waals surface area contributed by atoms with Gasteiger partial charge >= 0.3 is 0 Å². The Bertz CT molecular complexity index is 757. The third-order valence-electron chi connectivity index (χ3n) is 5.31. The minimum atomic E-state index is 0.329. The molecule has 3 rings (SSSR count). The van der Waals surface area contributed by atoms with Crippen LogP contribution < -0.4 is 5.32 Å². The van der Waals surface area contributed by atoms with Crippen LogP contribution in [0.1, 0.15) is 74.9 Å². The number of hydrogen-bond donors (Lipinski definition) is 1. The number of nitriles is 1. The molecular formula is C21H26ClN3O. The van der Waals surface area contributed by atoms with Crippen molar-refractivity contribution in [1.29, 1.82) is 5.26 Å². The summed E-state index contributed by atoms with van der Waals surface area (Å²) in [5.74, 6) is 2.33. The molecule has 1 N–H and O–H groups in total. The van der Waals surface area contributed by atoms with E-state index < -0.39 is 0 Å². The highest BCUT2D eigenvalue weighted by Gasteiger charge is 2.27. The highest BCUT2D eigenvalue weighted by atomic mass is 35.5. The molecule has 0 aliphatic heterocycles. The smallest absolute Gasteiger partial charge is 0.232 e. The van der Waals surface area contributed by atoms with Crippen LogP contribution in [-0.4, -0.2) is 4.98 Å². The zero-order valence-corrected chi connectivity index (χ0v) is 16.1. The molecular weight excluding hydrogens is 346 g/mol. The largest absolute Gasteiger partial charge is 0.424 e. The molecule has 1 aliphatic rings. The summed E-state index contributed by atoms with van der Waals surface area (Å²) in [7, 11) is 0. The van der Waals surface area contributed by atoms with Crippen molar-refractivity contribution in [2.24, 2.45) is 5.92 Å². The molecule has 0 unspecified atom stereocenters. The van der Waals surface area contributed by atoms with Crippen LogP contribution >= 0.6 is 11.6 Å². The zero-order chi connectivity index (χ0) is 18.4. The molecule has 1 aromatic heterocycles. The number of benzene rings is 1. The van der Waals surface area contributed by atoms with E-state index in [1.54, 1.807) is 0 Å². The van der Waals surface area contributed by atoms with Gasteiger partial charge in [-0.3, -0.25) is 0 Å². The predicted octanol–water partition coefficient (Wildman–Crippen LogP) is 6.28. The second kappa shape index (κ2) is 9.09. The lowest BCUT2D eigenvalue weighted by Crippen LogP contribution is -2.13. The molecule has 0 saturated heterocycles. The van der Waals surface area contributed by atoms with E-state index in [1.807, 2.05) is 24.3 Å². The molecule has 0 radical (unpaired) electrons. The molecule has 1 aliphatic carbocycles. The lowest BCUT2D eigenvalue weighted by atomic mass is 9.80. The minimum absolute atomic E-state index is 0.329. The van der Waals surface area contributed by atoms with Gasteiger partial charge in [0.05, 0.1) is 0 Å². The average Bonchev–Trinajstić information content (AvgIpc) is 3.09. The van der Waals surface area contributed by atoms with E-state index in [0.29, 0.717) is 35.0 Å². The van der Waals surface area contributed by atoms with Gasteiger partial charge in [0.2, 0.25) is 17.5 Å². The minimum Gasteiger partial charge on any atom is -0.424 e. The SMILES string of the molecule is CCCCC1CCC(c2nc(C#N)c(NCc3ccccc3Cl)o2)CC1. The number of unbranched alkanes of at least 4 members (excludes halogenated alkanes) is 1. The second-order valence-electron chi connectivity index (χ2n) is 7.15. The summed E-state index contributed by atoms with van der Waals surface area (Å²) in [6.45, 7) is 2.76. The molecule has 1 fully saturated rings. The lowest BCUT2D eigenvalue weighted by Gasteiger charge is -2.26. The number of anilines is 1. The first-order valence-corrected chi connectivity index (χ1v) is 9.97. The Balaban J connectivity index is 1.62. The van der Waals surface area contributed by atoms with E-state index in [2.05, 4.69) is 23.3 Å². The second-order valence-corrected chi connectivity index (χ2v) is 7.55. The predicted molar refractivity (Wildman–Crippen MR) is 104 cm³/mol. The molecule has 0 bridgehead atoms. The number of aromatic nitrogens is 1. The van der Waals surface area contributed by atoms with Crippen LogP contribution in [0.15, 0.2) is 28.7 Å². The zero-order valence-electron chi connectivity index (χ0n) is 15.3. The maximum atomic E-state index is 9.38. The van der Waals surface area contributed by atoms with Gasteiger partial charge in [-0.25, -0.2) is 4.98 Å². The van der Waals surface area contributed by atoms with Crippen LogP contribution in [0.25, 0.3) is 0 Å². The van der Waals surface area contributed by atoms with E-state index in [0.717, 1.165) is 24.3 Å². The van der Waals surface area contributed by atoms with Crippen molar-refractivity contribution in [2.75, 3.05) is 5.32 Å². The van der Waals surface area contributed by atoms with Gasteiger partial charge in [0.25, 0.3) is 0 Å². The van der Waals surface area contributed by atoms with Gasteiger partial charge in [-0.1, -0.05) is 56.0 Å². The first kappa shape index (κ1) is 18.8. The van der Waals surface area contributed by atoms with Crippen molar-refractivity contribution in [2.45, 2.75) is 64.3 Å². The van der Waals surface area contributed by atoms with Gasteiger partial charge in [-0.05, 0) is 43.2 Å². The van der Waals surface area contributed by atoms with E-state index >= 15 is 0 Å². The van der Waals surface area contributed by atoms with Gasteiger partial charge in [-0.2, -0.15) is 5.26 Å². The van der Waals surface area contributed by atoms with Crippen molar-refractivity contribution in [3.05, 3.63) is 46.4 Å². The quantitative estimate of drug-likeness (QED) is 0.622. The molecule has 26 heavy (non-hydrogen) atoms. The Hall–Kier alpha value is -1.99. The standard InChI is InChI=1S/C21H26ClN3O/c1-2-3-6-15-9-11-16(12-10-15)20-25-19(13-23)21(26-20)24-14-17-7-4-5-8-18(17)22/h4-5,7-8,15-16,24H,2-3,6,9-12,14H2,1H3. The van der Waals surface area contributed by atoms with E-state index in [1.165, 1.54) is 32.1 Å². The Labute approximate surface area is 160 Å². The van der Waals surface area contributed by atoms with Crippen LogP contribution in [0.4, 0.5) is 5.88 Å². The number of oxazole rings is 1. The number of hydrogen-bond acceptors (Lipinski definition) is 4. The van der Waals surface area contributed by atoms with Crippen molar-refractivity contribution >= 4 is 17.5 Å². The molecule has 5 heteroatoms.